The fraction of sp³-hybridized carbons (Fsp3) is 0. The number of hydrogen-bond donors (Lipinski definition) is 0. The van der Waals surface area contributed by atoms with E-state index in [1.807, 2.05) is 0 Å². The van der Waals surface area contributed by atoms with Crippen LogP contribution >= 0.6 is 11.6 Å². The van der Waals surface area contributed by atoms with Crippen molar-refractivity contribution < 1.29 is 17.2 Å². The van der Waals surface area contributed by atoms with E-state index in [2.05, 4.69) is 5.10 Å². The Morgan fingerprint density at radius 2 is 1.95 bits per heavy atom. The molecule has 1 heterocycles. The van der Waals surface area contributed by atoms with Gasteiger partial charge < -0.3 is 0 Å². The van der Waals surface area contributed by atoms with Crippen LogP contribution in [0.1, 0.15) is 0 Å². The first-order valence-electron chi connectivity index (χ1n) is 4.78. The standard InChI is InChI=1S/C10H5ClF2N2O3S/c11-7-4-6(12)5-8(13)10(7)19(17,18)15-9(16)2-1-3-14-15/h1-5H. The molecule has 0 saturated heterocycles. The topological polar surface area (TPSA) is 69.0 Å². The van der Waals surface area contributed by atoms with Crippen LogP contribution in [0, 0.1) is 11.6 Å². The monoisotopic (exact) mass is 306 g/mol. The molecule has 0 N–H and O–H groups in total. The summed E-state index contributed by atoms with van der Waals surface area (Å²) in [6.45, 7) is 0. The second kappa shape index (κ2) is 4.71. The van der Waals surface area contributed by atoms with Crippen LogP contribution in [-0.2, 0) is 10.0 Å². The molecule has 0 radical (unpaired) electrons. The maximum absolute atomic E-state index is 13.6. The molecular formula is C10H5ClF2N2O3S. The van der Waals surface area contributed by atoms with Gasteiger partial charge in [-0.15, -0.1) is 4.09 Å². The average molecular weight is 307 g/mol. The van der Waals surface area contributed by atoms with Crippen molar-refractivity contribution in [2.45, 2.75) is 4.90 Å². The first kappa shape index (κ1) is 13.6. The van der Waals surface area contributed by atoms with Gasteiger partial charge in [0.1, 0.15) is 16.5 Å². The third-order valence-electron chi connectivity index (χ3n) is 2.13. The zero-order chi connectivity index (χ0) is 14.2. The smallest absolute Gasteiger partial charge is 0.267 e. The van der Waals surface area contributed by atoms with Gasteiger partial charge in [0, 0.05) is 18.3 Å². The summed E-state index contributed by atoms with van der Waals surface area (Å²) < 4.78 is 50.7. The fourth-order valence-corrected chi connectivity index (χ4v) is 3.13. The van der Waals surface area contributed by atoms with Crippen LogP contribution in [0.15, 0.2) is 40.2 Å². The van der Waals surface area contributed by atoms with Gasteiger partial charge >= 0.3 is 0 Å². The zero-order valence-corrected chi connectivity index (χ0v) is 10.6. The first-order valence-corrected chi connectivity index (χ1v) is 6.60. The summed E-state index contributed by atoms with van der Waals surface area (Å²) in [5, 5.41) is 2.66. The Balaban J connectivity index is 2.79. The van der Waals surface area contributed by atoms with Gasteiger partial charge in [0.15, 0.2) is 0 Å². The second-order valence-electron chi connectivity index (χ2n) is 3.41. The highest BCUT2D eigenvalue weighted by atomic mass is 35.5. The SMILES string of the molecule is O=c1cccnn1S(=O)(=O)c1c(F)cc(F)cc1Cl. The van der Waals surface area contributed by atoms with Crippen LogP contribution in [0.5, 0.6) is 0 Å². The van der Waals surface area contributed by atoms with Crippen molar-refractivity contribution in [3.8, 4) is 0 Å². The third-order valence-corrected chi connectivity index (χ3v) is 4.20. The van der Waals surface area contributed by atoms with Crippen LogP contribution in [0.2, 0.25) is 5.02 Å². The fourth-order valence-electron chi connectivity index (χ4n) is 1.39. The van der Waals surface area contributed by atoms with Crippen molar-refractivity contribution in [1.29, 1.82) is 0 Å². The Kier molecular flexibility index (Phi) is 3.38. The van der Waals surface area contributed by atoms with E-state index in [4.69, 9.17) is 11.6 Å². The van der Waals surface area contributed by atoms with Crippen molar-refractivity contribution in [3.05, 3.63) is 57.5 Å². The Morgan fingerprint density at radius 3 is 2.53 bits per heavy atom. The van der Waals surface area contributed by atoms with Gasteiger partial charge in [0.2, 0.25) is 0 Å². The lowest BCUT2D eigenvalue weighted by Crippen LogP contribution is -2.29. The van der Waals surface area contributed by atoms with Gasteiger partial charge in [-0.1, -0.05) is 11.6 Å². The molecule has 2 aromatic rings. The average Bonchev–Trinajstić information content (AvgIpc) is 2.27. The number of rotatable bonds is 2. The van der Waals surface area contributed by atoms with Gasteiger partial charge in [-0.05, 0) is 12.1 Å². The molecule has 0 amide bonds. The summed E-state index contributed by atoms with van der Waals surface area (Å²) >= 11 is 5.52. The molecule has 0 unspecified atom stereocenters. The van der Waals surface area contributed by atoms with E-state index in [0.717, 1.165) is 12.3 Å². The summed E-state index contributed by atoms with van der Waals surface area (Å²) in [5.74, 6) is -2.43. The van der Waals surface area contributed by atoms with Gasteiger partial charge in [0.25, 0.3) is 15.6 Å². The minimum Gasteiger partial charge on any atom is -0.267 e. The predicted molar refractivity (Wildman–Crippen MR) is 62.4 cm³/mol. The molecule has 1 aromatic carbocycles. The Bertz CT molecular complexity index is 781. The van der Waals surface area contributed by atoms with Crippen LogP contribution < -0.4 is 5.56 Å². The molecule has 19 heavy (non-hydrogen) atoms. The lowest BCUT2D eigenvalue weighted by molar-refractivity contribution is 0.540. The molecule has 0 aliphatic heterocycles. The Hall–Kier alpha value is -1.80. The van der Waals surface area contributed by atoms with Gasteiger partial charge in [-0.2, -0.15) is 13.5 Å². The minimum absolute atomic E-state index is 0.0786. The quantitative estimate of drug-likeness (QED) is 0.841. The predicted octanol–water partition coefficient (Wildman–Crippen LogP) is 1.41. The normalized spacial score (nSPS) is 11.5. The molecule has 9 heteroatoms. The lowest BCUT2D eigenvalue weighted by atomic mass is 10.3. The summed E-state index contributed by atoms with van der Waals surface area (Å²) in [5.41, 5.74) is -0.984. The van der Waals surface area contributed by atoms with Crippen LogP contribution in [-0.4, -0.2) is 17.6 Å². The highest BCUT2D eigenvalue weighted by Crippen LogP contribution is 2.26. The maximum atomic E-state index is 13.6. The molecule has 0 spiro atoms. The molecule has 0 atom stereocenters. The molecular weight excluding hydrogens is 302 g/mol. The number of nitrogens with zero attached hydrogens (tertiary/aromatic N) is 2. The van der Waals surface area contributed by atoms with Crippen molar-refractivity contribution in [2.75, 3.05) is 0 Å². The largest absolute Gasteiger partial charge is 0.290 e. The van der Waals surface area contributed by atoms with Crippen molar-refractivity contribution in [1.82, 2.24) is 9.19 Å². The summed E-state index contributed by atoms with van der Waals surface area (Å²) in [7, 11) is -4.63. The molecule has 5 nitrogen and oxygen atoms in total. The zero-order valence-electron chi connectivity index (χ0n) is 9.05. The van der Waals surface area contributed by atoms with Crippen LogP contribution in [0.3, 0.4) is 0 Å². The van der Waals surface area contributed by atoms with Gasteiger partial charge in [-0.25, -0.2) is 8.78 Å². The number of benzene rings is 1. The molecule has 0 aliphatic carbocycles. The van der Waals surface area contributed by atoms with E-state index < -0.39 is 37.1 Å². The first-order chi connectivity index (χ1) is 8.84. The summed E-state index contributed by atoms with van der Waals surface area (Å²) in [4.78, 5) is 10.4. The maximum Gasteiger partial charge on any atom is 0.290 e. The molecule has 0 bridgehead atoms. The molecule has 1 aromatic heterocycles. The van der Waals surface area contributed by atoms with E-state index in [9.17, 15) is 22.0 Å². The van der Waals surface area contributed by atoms with E-state index >= 15 is 0 Å². The van der Waals surface area contributed by atoms with E-state index in [0.29, 0.717) is 12.1 Å². The molecule has 0 aliphatic rings. The Morgan fingerprint density at radius 1 is 1.26 bits per heavy atom. The van der Waals surface area contributed by atoms with Gasteiger partial charge in [0.05, 0.1) is 5.02 Å². The molecule has 2 rings (SSSR count). The van der Waals surface area contributed by atoms with Crippen LogP contribution in [0.4, 0.5) is 8.78 Å². The molecule has 100 valence electrons. The van der Waals surface area contributed by atoms with Crippen molar-refractivity contribution >= 4 is 21.6 Å². The molecule has 0 saturated carbocycles. The molecule has 0 fully saturated rings. The van der Waals surface area contributed by atoms with Crippen molar-refractivity contribution in [3.63, 3.8) is 0 Å². The number of halogens is 3. The van der Waals surface area contributed by atoms with Gasteiger partial charge in [-0.3, -0.25) is 4.79 Å². The highest BCUT2D eigenvalue weighted by molar-refractivity contribution is 7.90. The number of aromatic nitrogens is 2. The minimum atomic E-state index is -4.63. The highest BCUT2D eigenvalue weighted by Gasteiger charge is 2.27. The third kappa shape index (κ3) is 2.36. The van der Waals surface area contributed by atoms with Crippen LogP contribution in [0.25, 0.3) is 0 Å². The summed E-state index contributed by atoms with van der Waals surface area (Å²) in [6.07, 6.45) is 1.04. The van der Waals surface area contributed by atoms with E-state index in [1.54, 1.807) is 0 Å². The number of hydrogen-bond acceptors (Lipinski definition) is 4. The van der Waals surface area contributed by atoms with E-state index in [-0.39, 0.29) is 4.09 Å². The van der Waals surface area contributed by atoms with E-state index in [1.165, 1.54) is 6.07 Å². The lowest BCUT2D eigenvalue weighted by Gasteiger charge is -2.08. The summed E-state index contributed by atoms with van der Waals surface area (Å²) in [6, 6.07) is 3.13. The van der Waals surface area contributed by atoms with Crippen molar-refractivity contribution in [2.24, 2.45) is 0 Å². The second-order valence-corrected chi connectivity index (χ2v) is 5.52. The Labute approximate surface area is 111 Å².